The second-order valence-electron chi connectivity index (χ2n) is 3.88. The first kappa shape index (κ1) is 13.4. The average molecular weight is 233 g/mol. The molecule has 0 heterocycles. The summed E-state index contributed by atoms with van der Waals surface area (Å²) in [5.74, 6) is -0.376. The molecule has 0 aliphatic carbocycles. The maximum atomic E-state index is 11.6. The minimum absolute atomic E-state index is 0.366. The Balaban J connectivity index is 2.38. The molecule has 1 aromatic carbocycles. The molecular formula is C14H17O3. The third-order valence-corrected chi connectivity index (χ3v) is 2.45. The van der Waals surface area contributed by atoms with E-state index in [2.05, 4.69) is 6.92 Å². The topological polar surface area (TPSA) is 43.4 Å². The van der Waals surface area contributed by atoms with Crippen LogP contribution in [0, 0.1) is 0 Å². The van der Waals surface area contributed by atoms with Gasteiger partial charge in [-0.25, -0.2) is 4.79 Å². The van der Waals surface area contributed by atoms with E-state index in [4.69, 9.17) is 4.74 Å². The summed E-state index contributed by atoms with van der Waals surface area (Å²) in [4.78, 5) is 22.0. The summed E-state index contributed by atoms with van der Waals surface area (Å²) in [5.41, 5.74) is 0.770. The highest BCUT2D eigenvalue weighted by molar-refractivity contribution is 5.91. The van der Waals surface area contributed by atoms with Crippen molar-refractivity contribution in [2.45, 2.75) is 32.6 Å². The third-order valence-electron chi connectivity index (χ3n) is 2.45. The van der Waals surface area contributed by atoms with Crippen LogP contribution in [0.15, 0.2) is 24.3 Å². The molecule has 0 N–H and O–H groups in total. The zero-order valence-electron chi connectivity index (χ0n) is 10.1. The lowest BCUT2D eigenvalue weighted by Gasteiger charge is -2.04. The Morgan fingerprint density at radius 1 is 1.29 bits per heavy atom. The summed E-state index contributed by atoms with van der Waals surface area (Å²) in [7, 11) is 0. The third kappa shape index (κ3) is 4.81. The molecule has 0 unspecified atom stereocenters. The lowest BCUT2D eigenvalue weighted by molar-refractivity contribution is 0.0498. The van der Waals surface area contributed by atoms with Crippen molar-refractivity contribution in [2.24, 2.45) is 0 Å². The van der Waals surface area contributed by atoms with E-state index in [0.717, 1.165) is 25.7 Å². The lowest BCUT2D eigenvalue weighted by Crippen LogP contribution is -2.06. The fourth-order valence-electron chi connectivity index (χ4n) is 1.49. The van der Waals surface area contributed by atoms with E-state index in [-0.39, 0.29) is 5.97 Å². The first-order valence-corrected chi connectivity index (χ1v) is 5.93. The molecule has 0 saturated heterocycles. The zero-order valence-corrected chi connectivity index (χ0v) is 10.1. The van der Waals surface area contributed by atoms with E-state index in [1.807, 2.05) is 0 Å². The van der Waals surface area contributed by atoms with E-state index in [0.29, 0.717) is 17.7 Å². The van der Waals surface area contributed by atoms with Crippen LogP contribution in [-0.4, -0.2) is 18.9 Å². The molecule has 91 valence electrons. The fraction of sp³-hybridized carbons (Fsp3) is 0.429. The molecule has 0 fully saturated rings. The predicted octanol–water partition coefficient (Wildman–Crippen LogP) is 2.88. The van der Waals surface area contributed by atoms with Gasteiger partial charge in [-0.05, 0) is 18.6 Å². The van der Waals surface area contributed by atoms with E-state index in [9.17, 15) is 9.59 Å². The van der Waals surface area contributed by atoms with E-state index in [1.165, 1.54) is 6.07 Å². The number of hydrogen-bond acceptors (Lipinski definition) is 3. The number of esters is 1. The van der Waals surface area contributed by atoms with Gasteiger partial charge in [0.15, 0.2) is 0 Å². The Hall–Kier alpha value is -1.64. The first-order valence-electron chi connectivity index (χ1n) is 5.93. The Bertz CT molecular complexity index is 371. The largest absolute Gasteiger partial charge is 0.462 e. The molecule has 0 spiro atoms. The van der Waals surface area contributed by atoms with Crippen molar-refractivity contribution in [1.29, 1.82) is 0 Å². The fourth-order valence-corrected chi connectivity index (χ4v) is 1.49. The van der Waals surface area contributed by atoms with Gasteiger partial charge in [-0.2, -0.15) is 0 Å². The van der Waals surface area contributed by atoms with Gasteiger partial charge in [0.2, 0.25) is 6.29 Å². The standard InChI is InChI=1S/C14H17O3/c1-2-3-4-5-9-17-14(16)13-8-6-7-12(10-13)11-15/h6-8,10H,2-5,9H2,1H3. The molecular weight excluding hydrogens is 216 g/mol. The monoisotopic (exact) mass is 233 g/mol. The molecule has 3 heteroatoms. The second kappa shape index (κ2) is 7.60. The Morgan fingerprint density at radius 3 is 2.82 bits per heavy atom. The Kier molecular flexibility index (Phi) is 6.00. The van der Waals surface area contributed by atoms with Crippen molar-refractivity contribution in [1.82, 2.24) is 0 Å². The number of hydrogen-bond donors (Lipinski definition) is 0. The smallest absolute Gasteiger partial charge is 0.338 e. The molecule has 3 nitrogen and oxygen atoms in total. The maximum Gasteiger partial charge on any atom is 0.338 e. The molecule has 0 atom stereocenters. The summed E-state index contributed by atoms with van der Waals surface area (Å²) in [6, 6.07) is 6.37. The van der Waals surface area contributed by atoms with Gasteiger partial charge in [0.05, 0.1) is 12.2 Å². The van der Waals surface area contributed by atoms with Crippen molar-refractivity contribution in [3.05, 3.63) is 35.4 Å². The SMILES string of the molecule is CCCCCCOC(=O)c1cccc([C]=O)c1. The molecule has 0 amide bonds. The average Bonchev–Trinajstić information content (AvgIpc) is 2.38. The molecule has 1 aromatic rings. The molecule has 0 bridgehead atoms. The van der Waals surface area contributed by atoms with Crippen LogP contribution in [0.3, 0.4) is 0 Å². The van der Waals surface area contributed by atoms with Gasteiger partial charge in [0.1, 0.15) is 0 Å². The normalized spacial score (nSPS) is 9.94. The number of rotatable bonds is 7. The number of benzene rings is 1. The molecule has 0 saturated carbocycles. The molecule has 0 aliphatic rings. The van der Waals surface area contributed by atoms with Gasteiger partial charge in [-0.3, -0.25) is 4.79 Å². The molecule has 1 radical (unpaired) electrons. The van der Waals surface area contributed by atoms with Crippen molar-refractivity contribution >= 4 is 12.3 Å². The Labute approximate surface area is 102 Å². The van der Waals surface area contributed by atoms with E-state index < -0.39 is 0 Å². The van der Waals surface area contributed by atoms with Crippen LogP contribution < -0.4 is 0 Å². The highest BCUT2D eigenvalue weighted by Crippen LogP contribution is 2.06. The summed E-state index contributed by atoms with van der Waals surface area (Å²) in [5, 5.41) is 0. The number of carbonyl (C=O) groups excluding carboxylic acids is 2. The summed E-state index contributed by atoms with van der Waals surface area (Å²) in [6.45, 7) is 2.57. The zero-order chi connectivity index (χ0) is 12.5. The van der Waals surface area contributed by atoms with Crippen molar-refractivity contribution < 1.29 is 14.3 Å². The van der Waals surface area contributed by atoms with Crippen molar-refractivity contribution in [2.75, 3.05) is 6.61 Å². The van der Waals surface area contributed by atoms with Gasteiger partial charge in [0, 0.05) is 5.56 Å². The van der Waals surface area contributed by atoms with Crippen molar-refractivity contribution in [3.63, 3.8) is 0 Å². The van der Waals surface area contributed by atoms with Crippen LogP contribution in [0.25, 0.3) is 0 Å². The maximum absolute atomic E-state index is 11.6. The van der Waals surface area contributed by atoms with Crippen LogP contribution in [0.5, 0.6) is 0 Å². The number of ether oxygens (including phenoxy) is 1. The van der Waals surface area contributed by atoms with Crippen LogP contribution in [-0.2, 0) is 9.53 Å². The summed E-state index contributed by atoms with van der Waals surface area (Å²) in [6.07, 6.45) is 6.03. The highest BCUT2D eigenvalue weighted by Gasteiger charge is 2.07. The Morgan fingerprint density at radius 2 is 2.12 bits per heavy atom. The first-order chi connectivity index (χ1) is 8.27. The summed E-state index contributed by atoms with van der Waals surface area (Å²) < 4.78 is 5.11. The van der Waals surface area contributed by atoms with E-state index >= 15 is 0 Å². The van der Waals surface area contributed by atoms with Gasteiger partial charge in [-0.15, -0.1) is 0 Å². The lowest BCUT2D eigenvalue weighted by atomic mass is 10.1. The number of unbranched alkanes of at least 4 members (excludes halogenated alkanes) is 3. The van der Waals surface area contributed by atoms with Gasteiger partial charge in [-0.1, -0.05) is 38.3 Å². The van der Waals surface area contributed by atoms with Gasteiger partial charge in [0.25, 0.3) is 0 Å². The quantitative estimate of drug-likeness (QED) is 0.537. The molecule has 0 aliphatic heterocycles. The second-order valence-corrected chi connectivity index (χ2v) is 3.88. The summed E-state index contributed by atoms with van der Waals surface area (Å²) >= 11 is 0. The number of carbonyl (C=O) groups is 1. The van der Waals surface area contributed by atoms with Crippen LogP contribution in [0.4, 0.5) is 0 Å². The van der Waals surface area contributed by atoms with Crippen molar-refractivity contribution in [3.8, 4) is 0 Å². The van der Waals surface area contributed by atoms with Crippen LogP contribution in [0.1, 0.15) is 48.5 Å². The van der Waals surface area contributed by atoms with Gasteiger partial charge < -0.3 is 4.74 Å². The minimum atomic E-state index is -0.376. The van der Waals surface area contributed by atoms with Crippen LogP contribution in [0.2, 0.25) is 0 Å². The van der Waals surface area contributed by atoms with Crippen LogP contribution >= 0.6 is 0 Å². The molecule has 17 heavy (non-hydrogen) atoms. The van der Waals surface area contributed by atoms with E-state index in [1.54, 1.807) is 24.5 Å². The molecule has 0 aromatic heterocycles. The van der Waals surface area contributed by atoms with Gasteiger partial charge >= 0.3 is 5.97 Å². The minimum Gasteiger partial charge on any atom is -0.462 e. The molecule has 1 rings (SSSR count). The predicted molar refractivity (Wildman–Crippen MR) is 65.7 cm³/mol. The highest BCUT2D eigenvalue weighted by atomic mass is 16.5.